The van der Waals surface area contributed by atoms with Gasteiger partial charge in [-0.25, -0.2) is 0 Å². The van der Waals surface area contributed by atoms with Crippen LogP contribution in [0.2, 0.25) is 0 Å². The van der Waals surface area contributed by atoms with Crippen molar-refractivity contribution in [1.29, 1.82) is 0 Å². The summed E-state index contributed by atoms with van der Waals surface area (Å²) in [5, 5.41) is 0. The van der Waals surface area contributed by atoms with E-state index in [2.05, 4.69) is 38.6 Å². The van der Waals surface area contributed by atoms with Gasteiger partial charge in [-0.3, -0.25) is 0 Å². The maximum atomic E-state index is 11.2. The summed E-state index contributed by atoms with van der Waals surface area (Å²) in [5.74, 6) is 0.675. The fourth-order valence-electron chi connectivity index (χ4n) is 2.54. The predicted octanol–water partition coefficient (Wildman–Crippen LogP) is 7.04. The highest BCUT2D eigenvalue weighted by molar-refractivity contribution is 5.60. The van der Waals surface area contributed by atoms with Gasteiger partial charge in [-0.1, -0.05) is 64.8 Å². The number of hydrogen-bond acceptors (Lipinski definition) is 1. The Morgan fingerprint density at radius 3 is 2.04 bits per heavy atom. The zero-order valence-corrected chi connectivity index (χ0v) is 15.3. The fraction of sp³-hybridized carbons (Fsp3) is 0.600. The number of unbranched alkanes of at least 4 members (excludes halogenated alkanes) is 1. The van der Waals surface area contributed by atoms with Gasteiger partial charge in [0.05, 0.1) is 0 Å². The first-order valence-electron chi connectivity index (χ1n) is 8.86. The highest BCUT2D eigenvalue weighted by atomic mass is 19.4. The first-order chi connectivity index (χ1) is 11.2. The minimum Gasteiger partial charge on any atom is -0.399 e. The zero-order valence-electron chi connectivity index (χ0n) is 15.3. The number of alkyl halides is 3. The summed E-state index contributed by atoms with van der Waals surface area (Å²) in [7, 11) is 0. The van der Waals surface area contributed by atoms with E-state index in [1.807, 2.05) is 6.07 Å². The Bertz CT molecular complexity index is 460. The van der Waals surface area contributed by atoms with Gasteiger partial charge in [-0.05, 0) is 42.4 Å². The highest BCUT2D eigenvalue weighted by Gasteiger charge is 2.25. The molecule has 24 heavy (non-hydrogen) atoms. The van der Waals surface area contributed by atoms with Crippen LogP contribution in [0.15, 0.2) is 30.8 Å². The van der Waals surface area contributed by atoms with Crippen LogP contribution >= 0.6 is 0 Å². The monoisotopic (exact) mass is 343 g/mol. The lowest BCUT2D eigenvalue weighted by molar-refractivity contribution is -0.135. The first-order valence-corrected chi connectivity index (χ1v) is 8.86. The molecule has 0 saturated carbocycles. The van der Waals surface area contributed by atoms with Gasteiger partial charge in [-0.2, -0.15) is 13.2 Å². The molecule has 0 radical (unpaired) electrons. The van der Waals surface area contributed by atoms with Crippen LogP contribution in [0.3, 0.4) is 0 Å². The van der Waals surface area contributed by atoms with Crippen molar-refractivity contribution in [3.63, 3.8) is 0 Å². The summed E-state index contributed by atoms with van der Waals surface area (Å²) in [6.07, 6.45) is 1.27. The summed E-state index contributed by atoms with van der Waals surface area (Å²) in [6.45, 7) is 10.0. The molecule has 0 aliphatic rings. The van der Waals surface area contributed by atoms with Gasteiger partial charge in [0.2, 0.25) is 0 Å². The molecule has 0 aromatic heterocycles. The molecule has 0 atom stereocenters. The second-order valence-corrected chi connectivity index (χ2v) is 6.14. The molecule has 0 aliphatic heterocycles. The minimum atomic E-state index is -3.95. The number of benzene rings is 1. The maximum absolute atomic E-state index is 11.2. The van der Waals surface area contributed by atoms with Gasteiger partial charge in [0.15, 0.2) is 0 Å². The van der Waals surface area contributed by atoms with E-state index in [0.717, 1.165) is 5.56 Å². The van der Waals surface area contributed by atoms with E-state index < -0.39 is 12.6 Å². The molecule has 0 aliphatic carbocycles. The topological polar surface area (TPSA) is 26.0 Å². The van der Waals surface area contributed by atoms with Crippen LogP contribution < -0.4 is 5.73 Å². The first kappa shape index (κ1) is 22.6. The summed E-state index contributed by atoms with van der Waals surface area (Å²) in [4.78, 5) is 0. The molecule has 0 amide bonds. The van der Waals surface area contributed by atoms with Gasteiger partial charge >= 0.3 is 6.18 Å². The van der Waals surface area contributed by atoms with Crippen molar-refractivity contribution in [2.75, 3.05) is 0 Å². The lowest BCUT2D eigenvalue weighted by Gasteiger charge is -2.16. The van der Waals surface area contributed by atoms with E-state index in [-0.39, 0.29) is 6.42 Å². The van der Waals surface area contributed by atoms with Crippen LogP contribution in [0.5, 0.6) is 0 Å². The Kier molecular flexibility index (Phi) is 11.3. The quantitative estimate of drug-likeness (QED) is 0.538. The number of halogens is 3. The molecule has 2 N–H and O–H groups in total. The summed E-state index contributed by atoms with van der Waals surface area (Å²) >= 11 is 0. The smallest absolute Gasteiger partial charge is 0.389 e. The van der Waals surface area contributed by atoms with E-state index in [4.69, 9.17) is 5.73 Å². The minimum absolute atomic E-state index is 0.253. The van der Waals surface area contributed by atoms with E-state index in [1.165, 1.54) is 31.2 Å². The highest BCUT2D eigenvalue weighted by Crippen LogP contribution is 2.27. The predicted molar refractivity (Wildman–Crippen MR) is 97.8 cm³/mol. The van der Waals surface area contributed by atoms with Crippen molar-refractivity contribution in [3.05, 3.63) is 42.0 Å². The zero-order chi connectivity index (χ0) is 18.6. The summed E-state index contributed by atoms with van der Waals surface area (Å²) in [5.41, 5.74) is 8.87. The van der Waals surface area contributed by atoms with E-state index >= 15 is 0 Å². The molecule has 0 fully saturated rings. The molecule has 1 aromatic carbocycles. The van der Waals surface area contributed by atoms with Gasteiger partial charge in [0, 0.05) is 12.1 Å². The van der Waals surface area contributed by atoms with Crippen molar-refractivity contribution in [2.24, 2.45) is 5.73 Å². The third-order valence-corrected chi connectivity index (χ3v) is 3.82. The van der Waals surface area contributed by atoms with Crippen molar-refractivity contribution in [3.8, 4) is 0 Å². The molecule has 0 spiro atoms. The van der Waals surface area contributed by atoms with Gasteiger partial charge in [0.1, 0.15) is 0 Å². The Labute approximate surface area is 145 Å². The SMILES string of the molecule is C=C(N)c1cccc(C(CCC)CCC)c1.CCCCC(F)(F)F. The molecule has 4 heteroatoms. The molecule has 138 valence electrons. The van der Waals surface area contributed by atoms with Crippen molar-refractivity contribution in [1.82, 2.24) is 0 Å². The molecule has 0 unspecified atom stereocenters. The average molecular weight is 343 g/mol. The second kappa shape index (κ2) is 12.0. The molecular weight excluding hydrogens is 311 g/mol. The van der Waals surface area contributed by atoms with Crippen molar-refractivity contribution in [2.45, 2.75) is 77.8 Å². The number of nitrogens with two attached hydrogens (primary N) is 1. The molecule has 0 heterocycles. The molecule has 1 aromatic rings. The van der Waals surface area contributed by atoms with E-state index in [0.29, 0.717) is 18.0 Å². The lowest BCUT2D eigenvalue weighted by Crippen LogP contribution is -2.05. The molecule has 0 bridgehead atoms. The Balaban J connectivity index is 0.000000561. The summed E-state index contributed by atoms with van der Waals surface area (Å²) < 4.78 is 33.7. The van der Waals surface area contributed by atoms with Crippen LogP contribution in [0.4, 0.5) is 13.2 Å². The Morgan fingerprint density at radius 1 is 1.08 bits per heavy atom. The molecule has 1 nitrogen and oxygen atoms in total. The van der Waals surface area contributed by atoms with Gasteiger partial charge in [0.25, 0.3) is 0 Å². The normalized spacial score (nSPS) is 11.1. The second-order valence-electron chi connectivity index (χ2n) is 6.14. The van der Waals surface area contributed by atoms with Crippen LogP contribution in [0.1, 0.15) is 82.8 Å². The molecule has 0 saturated heterocycles. The van der Waals surface area contributed by atoms with Gasteiger partial charge in [-0.15, -0.1) is 0 Å². The average Bonchev–Trinajstić information content (AvgIpc) is 2.53. The third-order valence-electron chi connectivity index (χ3n) is 3.82. The van der Waals surface area contributed by atoms with Crippen molar-refractivity contribution < 1.29 is 13.2 Å². The van der Waals surface area contributed by atoms with Crippen molar-refractivity contribution >= 4 is 5.70 Å². The van der Waals surface area contributed by atoms with E-state index in [1.54, 1.807) is 6.92 Å². The number of rotatable bonds is 8. The van der Waals surface area contributed by atoms with Crippen LogP contribution in [0, 0.1) is 0 Å². The lowest BCUT2D eigenvalue weighted by atomic mass is 9.89. The van der Waals surface area contributed by atoms with Crippen LogP contribution in [-0.2, 0) is 0 Å². The molecular formula is C20H32F3N. The largest absolute Gasteiger partial charge is 0.399 e. The Morgan fingerprint density at radius 2 is 1.67 bits per heavy atom. The number of hydrogen-bond donors (Lipinski definition) is 1. The van der Waals surface area contributed by atoms with Crippen LogP contribution in [-0.4, -0.2) is 6.18 Å². The van der Waals surface area contributed by atoms with Crippen LogP contribution in [0.25, 0.3) is 5.70 Å². The standard InChI is InChI=1S/C15H23N.C5H9F3/c1-4-7-13(8-5-2)15-10-6-9-14(11-15)12(3)16;1-2-3-4-5(6,7)8/h6,9-11,13H,3-5,7-8,16H2,1-2H3;2-4H2,1H3. The fourth-order valence-corrected chi connectivity index (χ4v) is 2.54. The maximum Gasteiger partial charge on any atom is 0.389 e. The molecule has 1 rings (SSSR count). The third kappa shape index (κ3) is 10.3. The summed E-state index contributed by atoms with van der Waals surface area (Å²) in [6, 6.07) is 8.52. The van der Waals surface area contributed by atoms with E-state index in [9.17, 15) is 13.2 Å². The Hall–Kier alpha value is -1.45. The van der Waals surface area contributed by atoms with Gasteiger partial charge < -0.3 is 5.73 Å².